The Morgan fingerprint density at radius 1 is 1.32 bits per heavy atom. The molecule has 0 aliphatic rings. The second-order valence-electron chi connectivity index (χ2n) is 5.51. The summed E-state index contributed by atoms with van der Waals surface area (Å²) in [5.41, 5.74) is 0.606. The van der Waals surface area contributed by atoms with Gasteiger partial charge in [-0.2, -0.15) is 4.98 Å². The van der Waals surface area contributed by atoms with Gasteiger partial charge in [0.2, 0.25) is 5.89 Å². The highest BCUT2D eigenvalue weighted by molar-refractivity contribution is 5.30. The SMILES string of the molecule is COc1ccc(C(C)NCCc2nc(C(C)C)no2)c(F)c1. The van der Waals surface area contributed by atoms with Gasteiger partial charge in [0, 0.05) is 36.6 Å². The molecular weight excluding hydrogens is 285 g/mol. The number of rotatable bonds is 7. The first-order valence-corrected chi connectivity index (χ1v) is 7.40. The van der Waals surface area contributed by atoms with Crippen LogP contribution in [-0.2, 0) is 6.42 Å². The van der Waals surface area contributed by atoms with E-state index in [1.807, 2.05) is 20.8 Å². The van der Waals surface area contributed by atoms with Gasteiger partial charge in [0.25, 0.3) is 0 Å². The molecule has 120 valence electrons. The maximum Gasteiger partial charge on any atom is 0.227 e. The molecular formula is C16H22FN3O2. The van der Waals surface area contributed by atoms with E-state index in [1.165, 1.54) is 13.2 Å². The Morgan fingerprint density at radius 3 is 2.68 bits per heavy atom. The number of methoxy groups -OCH3 is 1. The fourth-order valence-electron chi connectivity index (χ4n) is 2.10. The number of aromatic nitrogens is 2. The second kappa shape index (κ2) is 7.35. The average molecular weight is 307 g/mol. The Morgan fingerprint density at radius 2 is 2.09 bits per heavy atom. The van der Waals surface area contributed by atoms with Gasteiger partial charge in [-0.25, -0.2) is 4.39 Å². The number of ether oxygens (including phenoxy) is 1. The number of hydrogen-bond acceptors (Lipinski definition) is 5. The summed E-state index contributed by atoms with van der Waals surface area (Å²) in [5.74, 6) is 1.79. The van der Waals surface area contributed by atoms with E-state index in [4.69, 9.17) is 9.26 Å². The van der Waals surface area contributed by atoms with Crippen LogP contribution in [0.3, 0.4) is 0 Å². The largest absolute Gasteiger partial charge is 0.497 e. The third-order valence-electron chi connectivity index (χ3n) is 3.46. The second-order valence-corrected chi connectivity index (χ2v) is 5.51. The zero-order valence-corrected chi connectivity index (χ0v) is 13.4. The summed E-state index contributed by atoms with van der Waals surface area (Å²) in [5, 5.41) is 7.17. The number of nitrogens with one attached hydrogen (secondary N) is 1. The van der Waals surface area contributed by atoms with E-state index >= 15 is 0 Å². The predicted octanol–water partition coefficient (Wildman–Crippen LogP) is 3.23. The fraction of sp³-hybridized carbons (Fsp3) is 0.500. The van der Waals surface area contributed by atoms with Crippen molar-refractivity contribution in [2.45, 2.75) is 39.2 Å². The quantitative estimate of drug-likeness (QED) is 0.851. The van der Waals surface area contributed by atoms with E-state index in [0.717, 1.165) is 0 Å². The summed E-state index contributed by atoms with van der Waals surface area (Å²) < 4.78 is 24.1. The van der Waals surface area contributed by atoms with Crippen molar-refractivity contribution in [3.8, 4) is 5.75 Å². The molecule has 22 heavy (non-hydrogen) atoms. The molecule has 0 bridgehead atoms. The standard InChI is InChI=1S/C16H22FN3O2/c1-10(2)16-19-15(22-20-16)7-8-18-11(3)13-6-5-12(21-4)9-14(13)17/h5-6,9-11,18H,7-8H2,1-4H3. The first-order valence-electron chi connectivity index (χ1n) is 7.40. The van der Waals surface area contributed by atoms with Crippen LogP contribution in [-0.4, -0.2) is 23.8 Å². The molecule has 0 amide bonds. The Kier molecular flexibility index (Phi) is 5.49. The van der Waals surface area contributed by atoms with Crippen LogP contribution < -0.4 is 10.1 Å². The molecule has 1 unspecified atom stereocenters. The van der Waals surface area contributed by atoms with Crippen LogP contribution >= 0.6 is 0 Å². The highest BCUT2D eigenvalue weighted by Gasteiger charge is 2.13. The minimum atomic E-state index is -0.278. The molecule has 0 aliphatic carbocycles. The molecule has 0 saturated carbocycles. The molecule has 1 N–H and O–H groups in total. The Balaban J connectivity index is 1.88. The van der Waals surface area contributed by atoms with Gasteiger partial charge >= 0.3 is 0 Å². The molecule has 2 rings (SSSR count). The smallest absolute Gasteiger partial charge is 0.227 e. The lowest BCUT2D eigenvalue weighted by molar-refractivity contribution is 0.366. The first kappa shape index (κ1) is 16.4. The Bertz CT molecular complexity index is 613. The van der Waals surface area contributed by atoms with Crippen LogP contribution in [0.2, 0.25) is 0 Å². The minimum Gasteiger partial charge on any atom is -0.497 e. The zero-order chi connectivity index (χ0) is 16.1. The van der Waals surface area contributed by atoms with Gasteiger partial charge in [-0.05, 0) is 13.0 Å². The van der Waals surface area contributed by atoms with E-state index in [0.29, 0.717) is 36.0 Å². The van der Waals surface area contributed by atoms with Crippen molar-refractivity contribution in [1.82, 2.24) is 15.5 Å². The first-order chi connectivity index (χ1) is 10.5. The van der Waals surface area contributed by atoms with Crippen molar-refractivity contribution in [1.29, 1.82) is 0 Å². The van der Waals surface area contributed by atoms with E-state index in [2.05, 4.69) is 15.5 Å². The summed E-state index contributed by atoms with van der Waals surface area (Å²) in [6.07, 6.45) is 0.613. The molecule has 1 heterocycles. The third-order valence-corrected chi connectivity index (χ3v) is 3.46. The Hall–Kier alpha value is -1.95. The summed E-state index contributed by atoms with van der Waals surface area (Å²) in [4.78, 5) is 4.31. The van der Waals surface area contributed by atoms with Gasteiger partial charge < -0.3 is 14.6 Å². The highest BCUT2D eigenvalue weighted by atomic mass is 19.1. The van der Waals surface area contributed by atoms with Crippen LogP contribution in [0.4, 0.5) is 4.39 Å². The monoisotopic (exact) mass is 307 g/mol. The van der Waals surface area contributed by atoms with Gasteiger partial charge in [-0.3, -0.25) is 0 Å². The summed E-state index contributed by atoms with van der Waals surface area (Å²) in [6.45, 7) is 6.58. The summed E-state index contributed by atoms with van der Waals surface area (Å²) in [6, 6.07) is 4.76. The lowest BCUT2D eigenvalue weighted by atomic mass is 10.1. The van der Waals surface area contributed by atoms with E-state index in [9.17, 15) is 4.39 Å². The zero-order valence-electron chi connectivity index (χ0n) is 13.4. The van der Waals surface area contributed by atoms with Crippen molar-refractivity contribution in [3.63, 3.8) is 0 Å². The Labute approximate surface area is 129 Å². The molecule has 0 fully saturated rings. The van der Waals surface area contributed by atoms with E-state index < -0.39 is 0 Å². The van der Waals surface area contributed by atoms with Crippen molar-refractivity contribution in [3.05, 3.63) is 41.3 Å². The maximum absolute atomic E-state index is 14.0. The minimum absolute atomic E-state index is 0.113. The number of nitrogens with zero attached hydrogens (tertiary/aromatic N) is 2. The molecule has 1 atom stereocenters. The van der Waals surface area contributed by atoms with Gasteiger partial charge in [0.1, 0.15) is 11.6 Å². The van der Waals surface area contributed by atoms with Gasteiger partial charge in [-0.15, -0.1) is 0 Å². The van der Waals surface area contributed by atoms with Crippen molar-refractivity contribution in [2.75, 3.05) is 13.7 Å². The van der Waals surface area contributed by atoms with E-state index in [-0.39, 0.29) is 17.8 Å². The van der Waals surface area contributed by atoms with Gasteiger partial charge in [0.05, 0.1) is 7.11 Å². The molecule has 0 radical (unpaired) electrons. The predicted molar refractivity (Wildman–Crippen MR) is 81.5 cm³/mol. The topological polar surface area (TPSA) is 60.2 Å². The molecule has 6 heteroatoms. The lowest BCUT2D eigenvalue weighted by Crippen LogP contribution is -2.22. The van der Waals surface area contributed by atoms with Crippen LogP contribution in [0.25, 0.3) is 0 Å². The number of hydrogen-bond donors (Lipinski definition) is 1. The number of halogens is 1. The maximum atomic E-state index is 14.0. The number of benzene rings is 1. The van der Waals surface area contributed by atoms with E-state index in [1.54, 1.807) is 12.1 Å². The van der Waals surface area contributed by atoms with Crippen molar-refractivity contribution >= 4 is 0 Å². The van der Waals surface area contributed by atoms with Gasteiger partial charge in [0.15, 0.2) is 5.82 Å². The van der Waals surface area contributed by atoms with Crippen molar-refractivity contribution in [2.24, 2.45) is 0 Å². The molecule has 5 nitrogen and oxygen atoms in total. The lowest BCUT2D eigenvalue weighted by Gasteiger charge is -2.15. The molecule has 0 saturated heterocycles. The molecule has 0 aliphatic heterocycles. The molecule has 1 aromatic heterocycles. The van der Waals surface area contributed by atoms with Gasteiger partial charge in [-0.1, -0.05) is 25.1 Å². The van der Waals surface area contributed by atoms with Crippen LogP contribution in [0, 0.1) is 5.82 Å². The van der Waals surface area contributed by atoms with Crippen LogP contribution in [0.1, 0.15) is 50.0 Å². The van der Waals surface area contributed by atoms with Crippen molar-refractivity contribution < 1.29 is 13.7 Å². The molecule has 0 spiro atoms. The summed E-state index contributed by atoms with van der Waals surface area (Å²) >= 11 is 0. The third kappa shape index (κ3) is 4.04. The average Bonchev–Trinajstić information content (AvgIpc) is 2.96. The van der Waals surface area contributed by atoms with Crippen LogP contribution in [0.5, 0.6) is 5.75 Å². The molecule has 1 aromatic carbocycles. The fourth-order valence-corrected chi connectivity index (χ4v) is 2.10. The molecule has 2 aromatic rings. The van der Waals surface area contributed by atoms with Crippen LogP contribution in [0.15, 0.2) is 22.7 Å². The summed E-state index contributed by atoms with van der Waals surface area (Å²) in [7, 11) is 1.52. The normalized spacial score (nSPS) is 12.6. The highest BCUT2D eigenvalue weighted by Crippen LogP contribution is 2.21.